The van der Waals surface area contributed by atoms with Crippen LogP contribution in [0.1, 0.15) is 34.6 Å². The van der Waals surface area contributed by atoms with Crippen LogP contribution < -0.4 is 19.9 Å². The lowest BCUT2D eigenvalue weighted by atomic mass is 9.95. The van der Waals surface area contributed by atoms with Gasteiger partial charge in [0.15, 0.2) is 6.61 Å². The Morgan fingerprint density at radius 1 is 0.829 bits per heavy atom. The average molecular weight is 474 g/mol. The molecule has 0 aliphatic heterocycles. The lowest BCUT2D eigenvalue weighted by Crippen LogP contribution is -2.36. The van der Waals surface area contributed by atoms with Gasteiger partial charge in [-0.05, 0) is 74.5 Å². The van der Waals surface area contributed by atoms with Gasteiger partial charge in [-0.3, -0.25) is 9.59 Å². The van der Waals surface area contributed by atoms with Crippen LogP contribution in [0.5, 0.6) is 5.75 Å². The van der Waals surface area contributed by atoms with Gasteiger partial charge in [0.25, 0.3) is 5.91 Å². The van der Waals surface area contributed by atoms with E-state index in [1.807, 2.05) is 75.4 Å². The van der Waals surface area contributed by atoms with Crippen LogP contribution in [0.3, 0.4) is 0 Å². The molecule has 6 nitrogen and oxygen atoms in total. The van der Waals surface area contributed by atoms with E-state index in [9.17, 15) is 9.59 Å². The standard InChI is InChI=1S/C29H35N3O3/c1-21(2)32(24-10-8-7-9-11-24)25-14-12-22(13-15-25)30-27(33)20-35-26-18-16-23(17-19-26)31(6)28(34)29(3,4)5/h7-19,21H,20H2,1-6H3,(H,30,33). The number of anilines is 4. The molecule has 0 saturated heterocycles. The smallest absolute Gasteiger partial charge is 0.262 e. The van der Waals surface area contributed by atoms with Crippen molar-refractivity contribution >= 4 is 34.6 Å². The molecule has 0 aromatic heterocycles. The second kappa shape index (κ2) is 11.1. The molecule has 2 amide bonds. The van der Waals surface area contributed by atoms with Gasteiger partial charge in [-0.15, -0.1) is 0 Å². The SMILES string of the molecule is CC(C)N(c1ccccc1)c1ccc(NC(=O)COc2ccc(N(C)C(=O)C(C)(C)C)cc2)cc1. The Bertz CT molecular complexity index is 1120. The molecule has 184 valence electrons. The summed E-state index contributed by atoms with van der Waals surface area (Å²) in [5.41, 5.74) is 3.18. The van der Waals surface area contributed by atoms with Gasteiger partial charge in [-0.1, -0.05) is 39.0 Å². The van der Waals surface area contributed by atoms with Crippen molar-refractivity contribution in [2.45, 2.75) is 40.7 Å². The maximum atomic E-state index is 12.4. The molecule has 0 saturated carbocycles. The van der Waals surface area contributed by atoms with E-state index < -0.39 is 5.41 Å². The predicted molar refractivity (Wildman–Crippen MR) is 144 cm³/mol. The molecule has 0 bridgehead atoms. The fourth-order valence-electron chi connectivity index (χ4n) is 3.77. The molecule has 0 atom stereocenters. The highest BCUT2D eigenvalue weighted by molar-refractivity contribution is 5.96. The first-order chi connectivity index (χ1) is 16.6. The number of benzene rings is 3. The van der Waals surface area contributed by atoms with E-state index in [4.69, 9.17) is 4.74 Å². The molecule has 0 aliphatic rings. The minimum absolute atomic E-state index is 0.0249. The minimum Gasteiger partial charge on any atom is -0.484 e. The Hall–Kier alpha value is -3.80. The van der Waals surface area contributed by atoms with Crippen molar-refractivity contribution < 1.29 is 14.3 Å². The van der Waals surface area contributed by atoms with Crippen molar-refractivity contribution in [1.29, 1.82) is 0 Å². The van der Waals surface area contributed by atoms with Crippen LogP contribution in [0.2, 0.25) is 0 Å². The van der Waals surface area contributed by atoms with Crippen LogP contribution in [-0.2, 0) is 9.59 Å². The number of para-hydroxylation sites is 1. The topological polar surface area (TPSA) is 61.9 Å². The maximum Gasteiger partial charge on any atom is 0.262 e. The lowest BCUT2D eigenvalue weighted by molar-refractivity contribution is -0.125. The van der Waals surface area contributed by atoms with Crippen LogP contribution in [0.25, 0.3) is 0 Å². The summed E-state index contributed by atoms with van der Waals surface area (Å²) < 4.78 is 5.63. The van der Waals surface area contributed by atoms with Crippen molar-refractivity contribution in [3.63, 3.8) is 0 Å². The Morgan fingerprint density at radius 2 is 1.37 bits per heavy atom. The van der Waals surface area contributed by atoms with Gasteiger partial charge < -0.3 is 19.9 Å². The number of amides is 2. The molecule has 3 aromatic carbocycles. The molecular weight excluding hydrogens is 438 g/mol. The molecule has 0 fully saturated rings. The molecular formula is C29H35N3O3. The van der Waals surface area contributed by atoms with E-state index in [1.165, 1.54) is 0 Å². The Morgan fingerprint density at radius 3 is 1.91 bits per heavy atom. The number of hydrogen-bond donors (Lipinski definition) is 1. The molecule has 3 aromatic rings. The molecule has 1 N–H and O–H groups in total. The molecule has 0 unspecified atom stereocenters. The van der Waals surface area contributed by atoms with Gasteiger partial charge in [-0.25, -0.2) is 0 Å². The number of hydrogen-bond acceptors (Lipinski definition) is 4. The van der Waals surface area contributed by atoms with E-state index in [2.05, 4.69) is 36.2 Å². The Balaban J connectivity index is 1.56. The van der Waals surface area contributed by atoms with Gasteiger partial charge >= 0.3 is 0 Å². The highest BCUT2D eigenvalue weighted by atomic mass is 16.5. The van der Waals surface area contributed by atoms with Gasteiger partial charge in [0.1, 0.15) is 5.75 Å². The number of carbonyl (C=O) groups is 2. The molecule has 0 heterocycles. The molecule has 6 heteroatoms. The monoisotopic (exact) mass is 473 g/mol. The van der Waals surface area contributed by atoms with Crippen molar-refractivity contribution in [1.82, 2.24) is 0 Å². The highest BCUT2D eigenvalue weighted by Gasteiger charge is 2.25. The zero-order valence-electron chi connectivity index (χ0n) is 21.4. The maximum absolute atomic E-state index is 12.4. The molecule has 0 spiro atoms. The third-order valence-electron chi connectivity index (χ3n) is 5.52. The van der Waals surface area contributed by atoms with Gasteiger partial charge in [0.05, 0.1) is 0 Å². The Labute approximate surface area is 208 Å². The zero-order valence-corrected chi connectivity index (χ0v) is 21.4. The summed E-state index contributed by atoms with van der Waals surface area (Å²) in [7, 11) is 1.75. The largest absolute Gasteiger partial charge is 0.484 e. The highest BCUT2D eigenvalue weighted by Crippen LogP contribution is 2.29. The molecule has 0 radical (unpaired) electrons. The van der Waals surface area contributed by atoms with E-state index in [0.29, 0.717) is 11.4 Å². The first-order valence-electron chi connectivity index (χ1n) is 11.8. The van der Waals surface area contributed by atoms with Crippen molar-refractivity contribution in [2.75, 3.05) is 28.8 Å². The van der Waals surface area contributed by atoms with Crippen LogP contribution in [0.15, 0.2) is 78.9 Å². The number of nitrogens with zero attached hydrogens (tertiary/aromatic N) is 2. The summed E-state index contributed by atoms with van der Waals surface area (Å²) in [5, 5.41) is 2.87. The minimum atomic E-state index is -0.463. The summed E-state index contributed by atoms with van der Waals surface area (Å²) in [6, 6.07) is 25.4. The second-order valence-corrected chi connectivity index (χ2v) is 9.79. The van der Waals surface area contributed by atoms with Crippen molar-refractivity contribution in [3.8, 4) is 5.75 Å². The first kappa shape index (κ1) is 25.8. The van der Waals surface area contributed by atoms with E-state index in [0.717, 1.165) is 17.1 Å². The van der Waals surface area contributed by atoms with Gasteiger partial charge in [0, 0.05) is 41.3 Å². The van der Waals surface area contributed by atoms with Crippen LogP contribution in [-0.4, -0.2) is 31.5 Å². The molecule has 3 rings (SSSR count). The van der Waals surface area contributed by atoms with Gasteiger partial charge in [0.2, 0.25) is 5.91 Å². The average Bonchev–Trinajstić information content (AvgIpc) is 2.83. The second-order valence-electron chi connectivity index (χ2n) is 9.79. The number of nitrogens with one attached hydrogen (secondary N) is 1. The Kier molecular flexibility index (Phi) is 8.18. The predicted octanol–water partition coefficient (Wildman–Crippen LogP) is 6.26. The fraction of sp³-hybridized carbons (Fsp3) is 0.310. The van der Waals surface area contributed by atoms with Crippen LogP contribution in [0.4, 0.5) is 22.7 Å². The summed E-state index contributed by atoms with van der Waals surface area (Å²) in [6.07, 6.45) is 0. The van der Waals surface area contributed by atoms with Crippen molar-refractivity contribution in [3.05, 3.63) is 78.9 Å². The normalized spacial score (nSPS) is 11.2. The van der Waals surface area contributed by atoms with Gasteiger partial charge in [-0.2, -0.15) is 0 Å². The van der Waals surface area contributed by atoms with Crippen LogP contribution >= 0.6 is 0 Å². The number of rotatable bonds is 8. The fourth-order valence-corrected chi connectivity index (χ4v) is 3.77. The quantitative estimate of drug-likeness (QED) is 0.419. The third kappa shape index (κ3) is 6.85. The van der Waals surface area contributed by atoms with E-state index in [-0.39, 0.29) is 24.5 Å². The molecule has 35 heavy (non-hydrogen) atoms. The summed E-state index contributed by atoms with van der Waals surface area (Å²) in [6.45, 7) is 9.84. The van der Waals surface area contributed by atoms with E-state index in [1.54, 1.807) is 24.1 Å². The molecule has 0 aliphatic carbocycles. The summed E-state index contributed by atoms with van der Waals surface area (Å²) in [4.78, 5) is 28.7. The van der Waals surface area contributed by atoms with Crippen LogP contribution in [0, 0.1) is 5.41 Å². The van der Waals surface area contributed by atoms with E-state index >= 15 is 0 Å². The number of carbonyl (C=O) groups excluding carboxylic acids is 2. The summed E-state index contributed by atoms with van der Waals surface area (Å²) in [5.74, 6) is 0.341. The first-order valence-corrected chi connectivity index (χ1v) is 11.8. The lowest BCUT2D eigenvalue weighted by Gasteiger charge is -2.29. The van der Waals surface area contributed by atoms with Crippen molar-refractivity contribution in [2.24, 2.45) is 5.41 Å². The summed E-state index contributed by atoms with van der Waals surface area (Å²) >= 11 is 0. The third-order valence-corrected chi connectivity index (χ3v) is 5.52. The zero-order chi connectivity index (χ0) is 25.6. The number of ether oxygens (including phenoxy) is 1.